The van der Waals surface area contributed by atoms with Crippen LogP contribution in [0.4, 0.5) is 4.79 Å². The summed E-state index contributed by atoms with van der Waals surface area (Å²) in [6.45, 7) is 1.35. The summed E-state index contributed by atoms with van der Waals surface area (Å²) in [7, 11) is 0. The van der Waals surface area contributed by atoms with E-state index in [1.54, 1.807) is 23.2 Å². The Morgan fingerprint density at radius 3 is 3.10 bits per heavy atom. The summed E-state index contributed by atoms with van der Waals surface area (Å²) in [5.74, 6) is -0.934. The number of urea groups is 1. The lowest BCUT2D eigenvalue weighted by molar-refractivity contribution is -0.141. The number of carboxylic acids is 1. The first kappa shape index (κ1) is 14.2. The van der Waals surface area contributed by atoms with Gasteiger partial charge in [0, 0.05) is 19.3 Å². The summed E-state index contributed by atoms with van der Waals surface area (Å²) in [6.07, 6.45) is 1.00. The molecular formula is C12H16N4O4. The van der Waals surface area contributed by atoms with E-state index in [0.29, 0.717) is 18.8 Å². The lowest BCUT2D eigenvalue weighted by atomic mass is 10.2. The van der Waals surface area contributed by atoms with Crippen molar-refractivity contribution in [3.05, 3.63) is 24.0 Å². The standard InChI is InChI=1S/C12H16N4O4/c17-11(18)6-10-8-16(4-5-20-10)12(19)13-7-9-2-1-3-14-15-9/h1-3,10H,4-8H2,(H,13,19)(H,17,18). The Hall–Kier alpha value is -2.22. The van der Waals surface area contributed by atoms with E-state index in [1.165, 1.54) is 0 Å². The van der Waals surface area contributed by atoms with E-state index < -0.39 is 12.1 Å². The minimum atomic E-state index is -0.934. The molecule has 1 atom stereocenters. The smallest absolute Gasteiger partial charge is 0.317 e. The van der Waals surface area contributed by atoms with Gasteiger partial charge in [-0.3, -0.25) is 4.79 Å². The van der Waals surface area contributed by atoms with E-state index >= 15 is 0 Å². The maximum Gasteiger partial charge on any atom is 0.317 e. The maximum atomic E-state index is 12.0. The predicted octanol–water partition coefficient (Wildman–Crippen LogP) is -0.138. The van der Waals surface area contributed by atoms with E-state index in [9.17, 15) is 9.59 Å². The molecule has 1 aromatic heterocycles. The number of carboxylic acid groups (broad SMARTS) is 1. The van der Waals surface area contributed by atoms with E-state index in [2.05, 4.69) is 15.5 Å². The van der Waals surface area contributed by atoms with Crippen molar-refractivity contribution in [3.63, 3.8) is 0 Å². The highest BCUT2D eigenvalue weighted by Gasteiger charge is 2.25. The summed E-state index contributed by atoms with van der Waals surface area (Å²) in [5.41, 5.74) is 0.663. The van der Waals surface area contributed by atoms with Crippen LogP contribution >= 0.6 is 0 Å². The number of ether oxygens (including phenoxy) is 1. The number of hydrogen-bond donors (Lipinski definition) is 2. The van der Waals surface area contributed by atoms with E-state index in [4.69, 9.17) is 9.84 Å². The van der Waals surface area contributed by atoms with Gasteiger partial charge in [-0.05, 0) is 12.1 Å². The fourth-order valence-corrected chi connectivity index (χ4v) is 1.93. The van der Waals surface area contributed by atoms with Gasteiger partial charge in [0.05, 0.1) is 31.4 Å². The largest absolute Gasteiger partial charge is 0.481 e. The van der Waals surface area contributed by atoms with Gasteiger partial charge in [-0.25, -0.2) is 4.79 Å². The zero-order valence-electron chi connectivity index (χ0n) is 10.9. The lowest BCUT2D eigenvalue weighted by Crippen LogP contribution is -2.49. The Morgan fingerprint density at radius 1 is 1.55 bits per heavy atom. The zero-order valence-corrected chi connectivity index (χ0v) is 10.9. The van der Waals surface area contributed by atoms with Crippen LogP contribution in [-0.4, -0.2) is 58.0 Å². The molecule has 1 fully saturated rings. The molecule has 0 radical (unpaired) electrons. The molecule has 8 nitrogen and oxygen atoms in total. The number of amides is 2. The van der Waals surface area contributed by atoms with Crippen molar-refractivity contribution in [1.29, 1.82) is 0 Å². The SMILES string of the molecule is O=C(O)CC1CN(C(=O)NCc2cccnn2)CCO1. The average Bonchev–Trinajstić information content (AvgIpc) is 2.45. The van der Waals surface area contributed by atoms with Crippen LogP contribution in [0.15, 0.2) is 18.3 Å². The highest BCUT2D eigenvalue weighted by molar-refractivity contribution is 5.74. The first-order valence-electron chi connectivity index (χ1n) is 6.28. The average molecular weight is 280 g/mol. The molecule has 108 valence electrons. The maximum absolute atomic E-state index is 12.0. The molecule has 1 aliphatic rings. The van der Waals surface area contributed by atoms with E-state index in [0.717, 1.165) is 0 Å². The van der Waals surface area contributed by atoms with Crippen molar-refractivity contribution in [3.8, 4) is 0 Å². The first-order valence-corrected chi connectivity index (χ1v) is 6.28. The molecule has 2 amide bonds. The monoisotopic (exact) mass is 280 g/mol. The van der Waals surface area contributed by atoms with Crippen molar-refractivity contribution >= 4 is 12.0 Å². The van der Waals surface area contributed by atoms with Crippen LogP contribution in [0.1, 0.15) is 12.1 Å². The number of nitrogens with zero attached hydrogens (tertiary/aromatic N) is 3. The minimum Gasteiger partial charge on any atom is -0.481 e. The predicted molar refractivity (Wildman–Crippen MR) is 67.8 cm³/mol. The second kappa shape index (κ2) is 6.80. The molecular weight excluding hydrogens is 264 g/mol. The van der Waals surface area contributed by atoms with Crippen LogP contribution in [0.5, 0.6) is 0 Å². The normalized spacial score (nSPS) is 18.6. The number of morpholine rings is 1. The van der Waals surface area contributed by atoms with Gasteiger partial charge in [0.15, 0.2) is 0 Å². The van der Waals surface area contributed by atoms with Crippen molar-refractivity contribution in [2.45, 2.75) is 19.1 Å². The molecule has 1 unspecified atom stereocenters. The first-order chi connectivity index (χ1) is 9.65. The van der Waals surface area contributed by atoms with Crippen molar-refractivity contribution in [1.82, 2.24) is 20.4 Å². The molecule has 8 heteroatoms. The summed E-state index contributed by atoms with van der Waals surface area (Å²) in [4.78, 5) is 24.2. The fraction of sp³-hybridized carbons (Fsp3) is 0.500. The molecule has 2 heterocycles. The molecule has 1 aliphatic heterocycles. The van der Waals surface area contributed by atoms with Crippen LogP contribution in [-0.2, 0) is 16.1 Å². The molecule has 20 heavy (non-hydrogen) atoms. The van der Waals surface area contributed by atoms with E-state index in [-0.39, 0.29) is 25.5 Å². The molecule has 0 bridgehead atoms. The molecule has 0 aromatic carbocycles. The number of aliphatic carboxylic acids is 1. The molecule has 1 saturated heterocycles. The summed E-state index contributed by atoms with van der Waals surface area (Å²) < 4.78 is 5.31. The second-order valence-corrected chi connectivity index (χ2v) is 4.41. The van der Waals surface area contributed by atoms with Crippen molar-refractivity contribution in [2.75, 3.05) is 19.7 Å². The summed E-state index contributed by atoms with van der Waals surface area (Å²) in [6, 6.07) is 3.25. The lowest BCUT2D eigenvalue weighted by Gasteiger charge is -2.32. The third kappa shape index (κ3) is 4.16. The number of carbonyl (C=O) groups is 2. The van der Waals surface area contributed by atoms with Crippen LogP contribution < -0.4 is 5.32 Å². The molecule has 0 aliphatic carbocycles. The summed E-state index contributed by atoms with van der Waals surface area (Å²) in [5, 5.41) is 19.0. The third-order valence-corrected chi connectivity index (χ3v) is 2.88. The van der Waals surface area contributed by atoms with Crippen molar-refractivity contribution in [2.24, 2.45) is 0 Å². The van der Waals surface area contributed by atoms with Crippen LogP contribution in [0.25, 0.3) is 0 Å². The number of hydrogen-bond acceptors (Lipinski definition) is 5. The Bertz CT molecular complexity index is 468. The molecule has 0 saturated carbocycles. The van der Waals surface area contributed by atoms with Crippen molar-refractivity contribution < 1.29 is 19.4 Å². The van der Waals surface area contributed by atoms with Gasteiger partial charge in [-0.1, -0.05) is 0 Å². The third-order valence-electron chi connectivity index (χ3n) is 2.88. The van der Waals surface area contributed by atoms with Crippen LogP contribution in [0, 0.1) is 0 Å². The van der Waals surface area contributed by atoms with Gasteiger partial charge in [-0.2, -0.15) is 10.2 Å². The van der Waals surface area contributed by atoms with E-state index in [1.807, 2.05) is 0 Å². The summed E-state index contributed by atoms with van der Waals surface area (Å²) >= 11 is 0. The Balaban J connectivity index is 1.81. The zero-order chi connectivity index (χ0) is 14.4. The topological polar surface area (TPSA) is 105 Å². The molecule has 2 N–H and O–H groups in total. The van der Waals surface area contributed by atoms with Gasteiger partial charge in [0.2, 0.25) is 0 Å². The second-order valence-electron chi connectivity index (χ2n) is 4.41. The highest BCUT2D eigenvalue weighted by Crippen LogP contribution is 2.09. The Morgan fingerprint density at radius 2 is 2.40 bits per heavy atom. The number of nitrogens with one attached hydrogen (secondary N) is 1. The van der Waals surface area contributed by atoms with Crippen LogP contribution in [0.2, 0.25) is 0 Å². The quantitative estimate of drug-likeness (QED) is 0.795. The van der Waals surface area contributed by atoms with Gasteiger partial charge < -0.3 is 20.1 Å². The molecule has 2 rings (SSSR count). The number of rotatable bonds is 4. The van der Waals surface area contributed by atoms with Gasteiger partial charge >= 0.3 is 12.0 Å². The minimum absolute atomic E-state index is 0.103. The van der Waals surface area contributed by atoms with Gasteiger partial charge in [0.1, 0.15) is 0 Å². The number of carbonyl (C=O) groups excluding carboxylic acids is 1. The molecule has 1 aromatic rings. The highest BCUT2D eigenvalue weighted by atomic mass is 16.5. The van der Waals surface area contributed by atoms with Crippen LogP contribution in [0.3, 0.4) is 0 Å². The number of aromatic nitrogens is 2. The van der Waals surface area contributed by atoms with Gasteiger partial charge in [0.25, 0.3) is 0 Å². The Labute approximate surface area is 115 Å². The fourth-order valence-electron chi connectivity index (χ4n) is 1.93. The van der Waals surface area contributed by atoms with Gasteiger partial charge in [-0.15, -0.1) is 0 Å². The molecule has 0 spiro atoms. The Kier molecular flexibility index (Phi) is 4.83.